The van der Waals surface area contributed by atoms with Crippen LogP contribution in [0.2, 0.25) is 0 Å². The number of imide groups is 1. The van der Waals surface area contributed by atoms with E-state index in [0.717, 1.165) is 10.6 Å². The first kappa shape index (κ1) is 16.0. The second-order valence-electron chi connectivity index (χ2n) is 4.27. The summed E-state index contributed by atoms with van der Waals surface area (Å²) in [6, 6.07) is 10.3. The van der Waals surface area contributed by atoms with Crippen molar-refractivity contribution in [2.75, 3.05) is 12.9 Å². The molecule has 0 atom stereocenters. The van der Waals surface area contributed by atoms with E-state index in [4.69, 9.17) is 9.15 Å². The highest BCUT2D eigenvalue weighted by Crippen LogP contribution is 2.20. The van der Waals surface area contributed by atoms with E-state index < -0.39 is 6.03 Å². The van der Waals surface area contributed by atoms with E-state index >= 15 is 0 Å². The van der Waals surface area contributed by atoms with Crippen LogP contribution in [0.25, 0.3) is 0 Å². The van der Waals surface area contributed by atoms with E-state index in [1.165, 1.54) is 18.0 Å². The topological polar surface area (TPSA) is 80.6 Å². The minimum absolute atomic E-state index is 0.153. The van der Waals surface area contributed by atoms with Gasteiger partial charge in [-0.25, -0.2) is 4.79 Å². The molecule has 3 amide bonds. The zero-order valence-electron chi connectivity index (χ0n) is 12.0. The molecule has 2 N–H and O–H groups in total. The molecule has 116 valence electrons. The normalized spacial score (nSPS) is 10.0. The van der Waals surface area contributed by atoms with Gasteiger partial charge in [0.25, 0.3) is 0 Å². The van der Waals surface area contributed by atoms with Crippen molar-refractivity contribution in [1.82, 2.24) is 10.6 Å². The number of benzene rings is 1. The molecule has 2 rings (SSSR count). The van der Waals surface area contributed by atoms with Crippen molar-refractivity contribution >= 4 is 23.7 Å². The van der Waals surface area contributed by atoms with Crippen LogP contribution in [0.5, 0.6) is 5.75 Å². The predicted molar refractivity (Wildman–Crippen MR) is 82.8 cm³/mol. The first-order valence-corrected chi connectivity index (χ1v) is 7.53. The van der Waals surface area contributed by atoms with Crippen molar-refractivity contribution in [3.05, 3.63) is 48.4 Å². The maximum Gasteiger partial charge on any atom is 0.321 e. The van der Waals surface area contributed by atoms with Gasteiger partial charge < -0.3 is 14.5 Å². The Labute approximate surface area is 132 Å². The molecule has 0 spiro atoms. The number of amides is 3. The van der Waals surface area contributed by atoms with Crippen LogP contribution in [0.1, 0.15) is 5.76 Å². The number of nitrogens with one attached hydrogen (secondary N) is 2. The number of thioether (sulfide) groups is 1. The lowest BCUT2D eigenvalue weighted by Crippen LogP contribution is -2.39. The number of carbonyl (C=O) groups excluding carboxylic acids is 2. The highest BCUT2D eigenvalue weighted by molar-refractivity contribution is 8.00. The van der Waals surface area contributed by atoms with Crippen molar-refractivity contribution in [3.8, 4) is 5.75 Å². The molecule has 22 heavy (non-hydrogen) atoms. The Morgan fingerprint density at radius 1 is 1.23 bits per heavy atom. The molecular weight excluding hydrogens is 304 g/mol. The Bertz CT molecular complexity index is 611. The smallest absolute Gasteiger partial charge is 0.321 e. The molecule has 0 saturated heterocycles. The number of hydrogen-bond acceptors (Lipinski definition) is 5. The summed E-state index contributed by atoms with van der Waals surface area (Å²) in [5.74, 6) is 1.17. The number of ether oxygens (including phenoxy) is 1. The van der Waals surface area contributed by atoms with Gasteiger partial charge in [0.05, 0.1) is 25.7 Å². The third-order valence-corrected chi connectivity index (χ3v) is 3.70. The zero-order chi connectivity index (χ0) is 15.8. The van der Waals surface area contributed by atoms with Crippen molar-refractivity contribution in [2.45, 2.75) is 11.4 Å². The highest BCUT2D eigenvalue weighted by atomic mass is 32.2. The van der Waals surface area contributed by atoms with Gasteiger partial charge in [0.2, 0.25) is 5.91 Å². The summed E-state index contributed by atoms with van der Waals surface area (Å²) in [6.45, 7) is 0.234. The molecule has 1 heterocycles. The van der Waals surface area contributed by atoms with E-state index in [9.17, 15) is 9.59 Å². The standard InChI is InChI=1S/C15H16N2O4S/c1-20-11-4-6-13(7-5-11)22-10-14(18)17-15(19)16-9-12-3-2-8-21-12/h2-8H,9-10H2,1H3,(H2,16,17,18,19). The second kappa shape index (κ2) is 8.14. The molecule has 2 aromatic rings. The maximum atomic E-state index is 11.7. The molecule has 0 aliphatic heterocycles. The number of hydrogen-bond donors (Lipinski definition) is 2. The van der Waals surface area contributed by atoms with Crippen molar-refractivity contribution in [1.29, 1.82) is 0 Å². The third kappa shape index (κ3) is 5.17. The number of carbonyl (C=O) groups is 2. The average Bonchev–Trinajstić information content (AvgIpc) is 3.05. The maximum absolute atomic E-state index is 11.7. The van der Waals surface area contributed by atoms with Crippen LogP contribution >= 0.6 is 11.8 Å². The quantitative estimate of drug-likeness (QED) is 0.799. The molecule has 0 bridgehead atoms. The number of methoxy groups -OCH3 is 1. The fraction of sp³-hybridized carbons (Fsp3) is 0.200. The monoisotopic (exact) mass is 320 g/mol. The zero-order valence-corrected chi connectivity index (χ0v) is 12.8. The average molecular weight is 320 g/mol. The lowest BCUT2D eigenvalue weighted by atomic mass is 10.3. The number of furan rings is 1. The Morgan fingerprint density at radius 2 is 2.00 bits per heavy atom. The Kier molecular flexibility index (Phi) is 5.91. The van der Waals surface area contributed by atoms with Gasteiger partial charge in [-0.1, -0.05) is 0 Å². The van der Waals surface area contributed by atoms with Crippen molar-refractivity contribution in [2.24, 2.45) is 0 Å². The molecule has 0 radical (unpaired) electrons. The van der Waals surface area contributed by atoms with Gasteiger partial charge in [-0.05, 0) is 36.4 Å². The summed E-state index contributed by atoms with van der Waals surface area (Å²) < 4.78 is 10.1. The van der Waals surface area contributed by atoms with Crippen LogP contribution in [-0.2, 0) is 11.3 Å². The van der Waals surface area contributed by atoms with Gasteiger partial charge in [0.15, 0.2) is 0 Å². The minimum atomic E-state index is -0.545. The molecule has 6 nitrogen and oxygen atoms in total. The SMILES string of the molecule is COc1ccc(SCC(=O)NC(=O)NCc2ccco2)cc1. The molecule has 7 heteroatoms. The predicted octanol–water partition coefficient (Wildman–Crippen LogP) is 2.41. The lowest BCUT2D eigenvalue weighted by Gasteiger charge is -2.06. The van der Waals surface area contributed by atoms with Gasteiger partial charge in [-0.3, -0.25) is 10.1 Å². The Morgan fingerprint density at radius 3 is 2.64 bits per heavy atom. The lowest BCUT2D eigenvalue weighted by molar-refractivity contribution is -0.117. The van der Waals surface area contributed by atoms with Crippen LogP contribution in [0, 0.1) is 0 Å². The molecule has 1 aromatic carbocycles. The number of rotatable bonds is 6. The molecule has 1 aromatic heterocycles. The minimum Gasteiger partial charge on any atom is -0.497 e. The summed E-state index contributed by atoms with van der Waals surface area (Å²) in [5.41, 5.74) is 0. The second-order valence-corrected chi connectivity index (χ2v) is 5.32. The summed E-state index contributed by atoms with van der Waals surface area (Å²) in [7, 11) is 1.59. The van der Waals surface area contributed by atoms with E-state index in [0.29, 0.717) is 5.76 Å². The Balaban J connectivity index is 1.69. The van der Waals surface area contributed by atoms with Gasteiger partial charge in [0, 0.05) is 4.90 Å². The first-order valence-electron chi connectivity index (χ1n) is 6.54. The summed E-state index contributed by atoms with van der Waals surface area (Å²) in [4.78, 5) is 24.1. The summed E-state index contributed by atoms with van der Waals surface area (Å²) in [6.07, 6.45) is 1.52. The van der Waals surface area contributed by atoms with Crippen LogP contribution in [0.4, 0.5) is 4.79 Å². The first-order chi connectivity index (χ1) is 10.7. The van der Waals surface area contributed by atoms with Crippen LogP contribution in [-0.4, -0.2) is 24.8 Å². The van der Waals surface area contributed by atoms with Gasteiger partial charge in [-0.15, -0.1) is 11.8 Å². The molecule has 0 aliphatic rings. The van der Waals surface area contributed by atoms with Crippen molar-refractivity contribution < 1.29 is 18.7 Å². The van der Waals surface area contributed by atoms with E-state index in [-0.39, 0.29) is 18.2 Å². The molecule has 0 aliphatic carbocycles. The molecule has 0 unspecified atom stereocenters. The molecular formula is C15H16N2O4S. The van der Waals surface area contributed by atoms with Gasteiger partial charge in [0.1, 0.15) is 11.5 Å². The van der Waals surface area contributed by atoms with Crippen molar-refractivity contribution in [3.63, 3.8) is 0 Å². The van der Waals surface area contributed by atoms with Crippen LogP contribution in [0.15, 0.2) is 52.0 Å². The largest absolute Gasteiger partial charge is 0.497 e. The Hall–Kier alpha value is -2.41. The summed E-state index contributed by atoms with van der Waals surface area (Å²) in [5, 5.41) is 4.80. The highest BCUT2D eigenvalue weighted by Gasteiger charge is 2.08. The van der Waals surface area contributed by atoms with E-state index in [1.54, 1.807) is 19.2 Å². The molecule has 0 saturated carbocycles. The van der Waals surface area contributed by atoms with Gasteiger partial charge in [-0.2, -0.15) is 0 Å². The van der Waals surface area contributed by atoms with Crippen LogP contribution < -0.4 is 15.4 Å². The van der Waals surface area contributed by atoms with E-state index in [2.05, 4.69) is 10.6 Å². The summed E-state index contributed by atoms with van der Waals surface area (Å²) >= 11 is 1.34. The van der Waals surface area contributed by atoms with Gasteiger partial charge >= 0.3 is 6.03 Å². The number of urea groups is 1. The van der Waals surface area contributed by atoms with Crippen LogP contribution in [0.3, 0.4) is 0 Å². The van der Waals surface area contributed by atoms with E-state index in [1.807, 2.05) is 24.3 Å². The fourth-order valence-electron chi connectivity index (χ4n) is 1.61. The third-order valence-electron chi connectivity index (χ3n) is 2.69. The fourth-order valence-corrected chi connectivity index (χ4v) is 2.31. The molecule has 0 fully saturated rings.